The maximum absolute atomic E-state index is 11.9. The molecule has 0 aromatic carbocycles. The number of rotatable bonds is 6. The van der Waals surface area contributed by atoms with Crippen molar-refractivity contribution >= 4 is 5.91 Å². The van der Waals surface area contributed by atoms with Crippen LogP contribution in [0.15, 0.2) is 0 Å². The molecule has 0 aromatic heterocycles. The highest BCUT2D eigenvalue weighted by atomic mass is 16.1. The van der Waals surface area contributed by atoms with Crippen molar-refractivity contribution in [1.82, 2.24) is 15.5 Å². The summed E-state index contributed by atoms with van der Waals surface area (Å²) in [6.07, 6.45) is 8.23. The molecule has 2 aliphatic heterocycles. The maximum Gasteiger partial charge on any atom is 0.220 e. The predicted molar refractivity (Wildman–Crippen MR) is 82.7 cm³/mol. The van der Waals surface area contributed by atoms with Gasteiger partial charge in [0.1, 0.15) is 0 Å². The molecular formula is C16H31N3O. The van der Waals surface area contributed by atoms with E-state index < -0.39 is 0 Å². The largest absolute Gasteiger partial charge is 0.355 e. The van der Waals surface area contributed by atoms with E-state index in [1.807, 2.05) is 0 Å². The van der Waals surface area contributed by atoms with Crippen molar-refractivity contribution in [3.8, 4) is 0 Å². The second-order valence-electron chi connectivity index (χ2n) is 6.48. The van der Waals surface area contributed by atoms with Gasteiger partial charge in [-0.3, -0.25) is 9.69 Å². The Bertz CT molecular complexity index is 283. The van der Waals surface area contributed by atoms with Crippen LogP contribution in [0.5, 0.6) is 0 Å². The molecule has 0 bridgehead atoms. The quantitative estimate of drug-likeness (QED) is 0.780. The van der Waals surface area contributed by atoms with Gasteiger partial charge in [0.2, 0.25) is 5.91 Å². The van der Waals surface area contributed by atoms with Crippen LogP contribution < -0.4 is 10.6 Å². The third kappa shape index (κ3) is 5.41. The van der Waals surface area contributed by atoms with Gasteiger partial charge in [0.25, 0.3) is 0 Å². The lowest BCUT2D eigenvalue weighted by Crippen LogP contribution is -2.44. The van der Waals surface area contributed by atoms with E-state index in [1.165, 1.54) is 45.2 Å². The van der Waals surface area contributed by atoms with Gasteiger partial charge in [0, 0.05) is 19.0 Å². The second-order valence-corrected chi connectivity index (χ2v) is 6.48. The lowest BCUT2D eigenvalue weighted by molar-refractivity contribution is -0.121. The molecule has 2 fully saturated rings. The third-order valence-corrected chi connectivity index (χ3v) is 4.85. The Balaban J connectivity index is 1.56. The number of likely N-dealkylation sites (tertiary alicyclic amines) is 1. The lowest BCUT2D eigenvalue weighted by Gasteiger charge is -2.32. The van der Waals surface area contributed by atoms with Crippen molar-refractivity contribution in [3.63, 3.8) is 0 Å². The lowest BCUT2D eigenvalue weighted by atomic mass is 9.93. The highest BCUT2D eigenvalue weighted by Crippen LogP contribution is 2.17. The Morgan fingerprint density at radius 1 is 1.25 bits per heavy atom. The zero-order chi connectivity index (χ0) is 14.2. The van der Waals surface area contributed by atoms with Crippen molar-refractivity contribution in [2.24, 2.45) is 5.92 Å². The molecule has 0 aliphatic carbocycles. The molecule has 2 N–H and O–H groups in total. The Morgan fingerprint density at radius 3 is 2.65 bits per heavy atom. The van der Waals surface area contributed by atoms with Gasteiger partial charge in [0.05, 0.1) is 0 Å². The first-order chi connectivity index (χ1) is 9.75. The highest BCUT2D eigenvalue weighted by Gasteiger charge is 2.18. The van der Waals surface area contributed by atoms with E-state index in [1.54, 1.807) is 0 Å². The monoisotopic (exact) mass is 281 g/mol. The molecule has 1 atom stereocenters. The fourth-order valence-electron chi connectivity index (χ4n) is 3.34. The molecule has 0 radical (unpaired) electrons. The number of piperidine rings is 2. The molecule has 2 heterocycles. The van der Waals surface area contributed by atoms with Gasteiger partial charge < -0.3 is 10.6 Å². The zero-order valence-electron chi connectivity index (χ0n) is 13.0. The van der Waals surface area contributed by atoms with Crippen molar-refractivity contribution < 1.29 is 4.79 Å². The number of hydrogen-bond donors (Lipinski definition) is 2. The number of nitrogens with one attached hydrogen (secondary N) is 2. The molecule has 0 aromatic rings. The molecule has 1 amide bonds. The van der Waals surface area contributed by atoms with Gasteiger partial charge >= 0.3 is 0 Å². The van der Waals surface area contributed by atoms with Gasteiger partial charge in [-0.05, 0) is 71.1 Å². The van der Waals surface area contributed by atoms with Crippen molar-refractivity contribution in [3.05, 3.63) is 0 Å². The Morgan fingerprint density at radius 2 is 1.95 bits per heavy atom. The van der Waals surface area contributed by atoms with E-state index in [2.05, 4.69) is 22.5 Å². The van der Waals surface area contributed by atoms with Crippen LogP contribution in [0.2, 0.25) is 0 Å². The average Bonchev–Trinajstić information content (AvgIpc) is 2.52. The molecule has 116 valence electrons. The van der Waals surface area contributed by atoms with Crippen LogP contribution in [-0.4, -0.2) is 49.6 Å². The van der Waals surface area contributed by atoms with Crippen LogP contribution in [0.3, 0.4) is 0 Å². The number of hydrogen-bond acceptors (Lipinski definition) is 3. The summed E-state index contributed by atoms with van der Waals surface area (Å²) in [4.78, 5) is 14.4. The summed E-state index contributed by atoms with van der Waals surface area (Å²) in [6.45, 7) is 7.69. The van der Waals surface area contributed by atoms with Crippen LogP contribution in [-0.2, 0) is 4.79 Å². The van der Waals surface area contributed by atoms with Crippen LogP contribution in [0.4, 0.5) is 0 Å². The average molecular weight is 281 g/mol. The Labute approximate surface area is 123 Å². The first kappa shape index (κ1) is 15.8. The molecule has 2 aliphatic rings. The summed E-state index contributed by atoms with van der Waals surface area (Å²) >= 11 is 0. The molecule has 4 heteroatoms. The molecule has 0 saturated carbocycles. The minimum atomic E-state index is 0.243. The Hall–Kier alpha value is -0.610. The number of carbonyl (C=O) groups is 1. The van der Waals surface area contributed by atoms with Crippen LogP contribution in [0, 0.1) is 5.92 Å². The van der Waals surface area contributed by atoms with Gasteiger partial charge in [-0.15, -0.1) is 0 Å². The molecule has 20 heavy (non-hydrogen) atoms. The van der Waals surface area contributed by atoms with Crippen LogP contribution in [0.25, 0.3) is 0 Å². The van der Waals surface area contributed by atoms with E-state index in [4.69, 9.17) is 0 Å². The predicted octanol–water partition coefficient (Wildman–Crippen LogP) is 1.76. The third-order valence-electron chi connectivity index (χ3n) is 4.85. The van der Waals surface area contributed by atoms with Crippen LogP contribution in [0.1, 0.15) is 51.9 Å². The van der Waals surface area contributed by atoms with Gasteiger partial charge in [-0.25, -0.2) is 0 Å². The van der Waals surface area contributed by atoms with Crippen molar-refractivity contribution in [1.29, 1.82) is 0 Å². The van der Waals surface area contributed by atoms with Gasteiger partial charge in [0.15, 0.2) is 0 Å². The second kappa shape index (κ2) is 8.63. The first-order valence-corrected chi connectivity index (χ1v) is 8.47. The van der Waals surface area contributed by atoms with E-state index >= 15 is 0 Å². The SMILES string of the molecule is CC(CNC(=O)CCC1CCNCC1)N1CCCCC1. The molecule has 4 nitrogen and oxygen atoms in total. The van der Waals surface area contributed by atoms with Crippen LogP contribution >= 0.6 is 0 Å². The molecule has 2 rings (SSSR count). The summed E-state index contributed by atoms with van der Waals surface area (Å²) in [5.41, 5.74) is 0. The number of carbonyl (C=O) groups excluding carboxylic acids is 1. The summed E-state index contributed by atoms with van der Waals surface area (Å²) in [6, 6.07) is 0.484. The normalized spacial score (nSPS) is 23.4. The highest BCUT2D eigenvalue weighted by molar-refractivity contribution is 5.75. The molecule has 1 unspecified atom stereocenters. The summed E-state index contributed by atoms with van der Waals surface area (Å²) in [5, 5.41) is 6.50. The number of amides is 1. The molecular weight excluding hydrogens is 250 g/mol. The van der Waals surface area contributed by atoms with Crippen molar-refractivity contribution in [2.45, 2.75) is 57.9 Å². The number of nitrogens with zero attached hydrogens (tertiary/aromatic N) is 1. The summed E-state index contributed by atoms with van der Waals surface area (Å²) < 4.78 is 0. The van der Waals surface area contributed by atoms with E-state index in [0.29, 0.717) is 12.5 Å². The van der Waals surface area contributed by atoms with Crippen molar-refractivity contribution in [2.75, 3.05) is 32.7 Å². The topological polar surface area (TPSA) is 44.4 Å². The summed E-state index contributed by atoms with van der Waals surface area (Å²) in [7, 11) is 0. The first-order valence-electron chi connectivity index (χ1n) is 8.47. The van der Waals surface area contributed by atoms with E-state index in [9.17, 15) is 4.79 Å². The summed E-state index contributed by atoms with van der Waals surface area (Å²) in [5.74, 6) is 0.994. The van der Waals surface area contributed by atoms with Gasteiger partial charge in [-0.2, -0.15) is 0 Å². The minimum absolute atomic E-state index is 0.243. The molecule has 2 saturated heterocycles. The van der Waals surface area contributed by atoms with E-state index in [-0.39, 0.29) is 5.91 Å². The van der Waals surface area contributed by atoms with Gasteiger partial charge in [-0.1, -0.05) is 6.42 Å². The molecule has 0 spiro atoms. The zero-order valence-corrected chi connectivity index (χ0v) is 13.0. The fraction of sp³-hybridized carbons (Fsp3) is 0.938. The fourth-order valence-corrected chi connectivity index (χ4v) is 3.34. The Kier molecular flexibility index (Phi) is 6.80. The maximum atomic E-state index is 11.9. The smallest absolute Gasteiger partial charge is 0.220 e. The van der Waals surface area contributed by atoms with E-state index in [0.717, 1.165) is 32.0 Å². The minimum Gasteiger partial charge on any atom is -0.355 e. The standard InChI is InChI=1S/C16H31N3O/c1-14(19-11-3-2-4-12-19)13-18-16(20)6-5-15-7-9-17-10-8-15/h14-15,17H,2-13H2,1H3,(H,18,20).